The van der Waals surface area contributed by atoms with E-state index in [2.05, 4.69) is 4.98 Å². The second kappa shape index (κ2) is 10.2. The Labute approximate surface area is 201 Å². The molecule has 1 unspecified atom stereocenters. The number of aromatic nitrogens is 1. The lowest BCUT2D eigenvalue weighted by Gasteiger charge is -2.37. The van der Waals surface area contributed by atoms with Gasteiger partial charge < -0.3 is 20.1 Å². The molecular weight excluding hydrogens is 463 g/mol. The normalized spacial score (nSPS) is 16.4. The van der Waals surface area contributed by atoms with Gasteiger partial charge in [0.2, 0.25) is 0 Å². The van der Waals surface area contributed by atoms with Gasteiger partial charge in [0.05, 0.1) is 35.8 Å². The van der Waals surface area contributed by atoms with E-state index in [1.54, 1.807) is 32.9 Å². The van der Waals surface area contributed by atoms with Crippen LogP contribution in [-0.2, 0) is 25.2 Å². The lowest BCUT2D eigenvalue weighted by Crippen LogP contribution is -2.39. The van der Waals surface area contributed by atoms with Gasteiger partial charge in [-0.15, -0.1) is 0 Å². The minimum Gasteiger partial charge on any atom is -0.463 e. The fourth-order valence-corrected chi connectivity index (χ4v) is 3.97. The Morgan fingerprint density at radius 1 is 1.03 bits per heavy atom. The molecule has 1 aromatic heterocycles. The van der Waals surface area contributed by atoms with Crippen molar-refractivity contribution in [3.63, 3.8) is 0 Å². The van der Waals surface area contributed by atoms with Crippen LogP contribution in [0.4, 0.5) is 18.9 Å². The SMILES string of the molecule is CCOC(=O)C1=C(C)N(c2cccc(C(F)(F)F)c2)C(N)=C(C(=O)OCC)C1c1ccc(C)nc1. The van der Waals surface area contributed by atoms with Crippen LogP contribution in [0, 0.1) is 6.92 Å². The van der Waals surface area contributed by atoms with Crippen molar-refractivity contribution in [2.45, 2.75) is 39.8 Å². The molecule has 1 aliphatic heterocycles. The zero-order valence-electron chi connectivity index (χ0n) is 19.8. The number of esters is 2. The van der Waals surface area contributed by atoms with E-state index >= 15 is 0 Å². The quantitative estimate of drug-likeness (QED) is 0.594. The second-order valence-electron chi connectivity index (χ2n) is 7.79. The van der Waals surface area contributed by atoms with Crippen LogP contribution in [0.1, 0.15) is 43.5 Å². The van der Waals surface area contributed by atoms with Gasteiger partial charge in [-0.25, -0.2) is 9.59 Å². The zero-order chi connectivity index (χ0) is 25.9. The summed E-state index contributed by atoms with van der Waals surface area (Å²) in [5, 5.41) is 0. The third kappa shape index (κ3) is 5.16. The first-order valence-electron chi connectivity index (χ1n) is 11.0. The van der Waals surface area contributed by atoms with E-state index in [9.17, 15) is 22.8 Å². The van der Waals surface area contributed by atoms with E-state index in [1.807, 2.05) is 0 Å². The molecule has 0 spiro atoms. The van der Waals surface area contributed by atoms with E-state index in [0.717, 1.165) is 12.1 Å². The van der Waals surface area contributed by atoms with Crippen molar-refractivity contribution < 1.29 is 32.2 Å². The summed E-state index contributed by atoms with van der Waals surface area (Å²) in [6.07, 6.45) is -3.09. The summed E-state index contributed by atoms with van der Waals surface area (Å²) < 4.78 is 50.8. The average molecular weight is 489 g/mol. The van der Waals surface area contributed by atoms with E-state index < -0.39 is 29.6 Å². The first-order chi connectivity index (χ1) is 16.5. The molecule has 7 nitrogen and oxygen atoms in total. The molecule has 0 bridgehead atoms. The Kier molecular flexibility index (Phi) is 7.52. The highest BCUT2D eigenvalue weighted by atomic mass is 19.4. The Morgan fingerprint density at radius 2 is 1.66 bits per heavy atom. The topological polar surface area (TPSA) is 94.8 Å². The number of carbonyl (C=O) groups is 2. The summed E-state index contributed by atoms with van der Waals surface area (Å²) in [5.74, 6) is -2.69. The van der Waals surface area contributed by atoms with Crippen LogP contribution in [0.25, 0.3) is 0 Å². The number of carbonyl (C=O) groups excluding carboxylic acids is 2. The molecule has 2 N–H and O–H groups in total. The highest BCUT2D eigenvalue weighted by Gasteiger charge is 2.42. The van der Waals surface area contributed by atoms with Crippen LogP contribution in [0.5, 0.6) is 0 Å². The van der Waals surface area contributed by atoms with E-state index in [1.165, 1.54) is 30.2 Å². The van der Waals surface area contributed by atoms with Crippen molar-refractivity contribution in [3.05, 3.63) is 82.1 Å². The number of aryl methyl sites for hydroxylation is 1. The second-order valence-corrected chi connectivity index (χ2v) is 7.79. The number of benzene rings is 1. The molecule has 0 aliphatic carbocycles. The summed E-state index contributed by atoms with van der Waals surface area (Å²) in [6, 6.07) is 7.87. The maximum atomic E-state index is 13.4. The number of alkyl halides is 3. The van der Waals surface area contributed by atoms with E-state index in [-0.39, 0.29) is 41.6 Å². The first-order valence-corrected chi connectivity index (χ1v) is 11.0. The van der Waals surface area contributed by atoms with Gasteiger partial charge in [0.15, 0.2) is 0 Å². The highest BCUT2D eigenvalue weighted by Crippen LogP contribution is 2.44. The van der Waals surface area contributed by atoms with Gasteiger partial charge in [0.1, 0.15) is 5.82 Å². The third-order valence-corrected chi connectivity index (χ3v) is 5.51. The van der Waals surface area contributed by atoms with Gasteiger partial charge >= 0.3 is 18.1 Å². The van der Waals surface area contributed by atoms with Crippen molar-refractivity contribution in [2.75, 3.05) is 18.1 Å². The lowest BCUT2D eigenvalue weighted by molar-refractivity contribution is -0.140. The molecule has 0 saturated heterocycles. The molecule has 35 heavy (non-hydrogen) atoms. The predicted octanol–water partition coefficient (Wildman–Crippen LogP) is 4.58. The molecule has 0 saturated carbocycles. The van der Waals surface area contributed by atoms with Crippen LogP contribution >= 0.6 is 0 Å². The average Bonchev–Trinajstić information content (AvgIpc) is 2.79. The molecule has 186 valence electrons. The summed E-state index contributed by atoms with van der Waals surface area (Å²) in [5.41, 5.74) is 6.93. The number of rotatable bonds is 6. The van der Waals surface area contributed by atoms with Gasteiger partial charge in [-0.05, 0) is 57.5 Å². The molecule has 3 rings (SSSR count). The monoisotopic (exact) mass is 489 g/mol. The number of nitrogens with two attached hydrogens (primary N) is 1. The van der Waals surface area contributed by atoms with Gasteiger partial charge in [0, 0.05) is 23.3 Å². The highest BCUT2D eigenvalue weighted by molar-refractivity contribution is 6.01. The van der Waals surface area contributed by atoms with Crippen LogP contribution < -0.4 is 10.6 Å². The molecule has 1 aromatic carbocycles. The van der Waals surface area contributed by atoms with Crippen LogP contribution in [0.3, 0.4) is 0 Å². The number of hydrogen-bond donors (Lipinski definition) is 1. The van der Waals surface area contributed by atoms with Crippen molar-refractivity contribution in [3.8, 4) is 0 Å². The van der Waals surface area contributed by atoms with Crippen molar-refractivity contribution in [2.24, 2.45) is 5.73 Å². The molecule has 1 atom stereocenters. The Balaban J connectivity index is 2.33. The number of anilines is 1. The number of allylic oxidation sites excluding steroid dienone is 1. The maximum absolute atomic E-state index is 13.4. The van der Waals surface area contributed by atoms with Crippen molar-refractivity contribution in [1.29, 1.82) is 0 Å². The van der Waals surface area contributed by atoms with Crippen LogP contribution in [-0.4, -0.2) is 30.1 Å². The minimum absolute atomic E-state index is 0.0233. The largest absolute Gasteiger partial charge is 0.463 e. The smallest absolute Gasteiger partial charge is 0.416 e. The zero-order valence-corrected chi connectivity index (χ0v) is 19.8. The fraction of sp³-hybridized carbons (Fsp3) is 0.320. The first kappa shape index (κ1) is 25.8. The number of halogens is 3. The molecule has 1 aliphatic rings. The third-order valence-electron chi connectivity index (χ3n) is 5.51. The summed E-state index contributed by atoms with van der Waals surface area (Å²) in [6.45, 7) is 6.62. The molecule has 0 amide bonds. The predicted molar refractivity (Wildman–Crippen MR) is 123 cm³/mol. The van der Waals surface area contributed by atoms with Crippen molar-refractivity contribution >= 4 is 17.6 Å². The molecule has 0 fully saturated rings. The molecule has 10 heteroatoms. The molecule has 2 aromatic rings. The van der Waals surface area contributed by atoms with Gasteiger partial charge in [-0.2, -0.15) is 13.2 Å². The summed E-state index contributed by atoms with van der Waals surface area (Å²) >= 11 is 0. The fourth-order valence-electron chi connectivity index (χ4n) is 3.97. The molecular formula is C25H26F3N3O4. The molecule has 0 radical (unpaired) electrons. The Bertz CT molecular complexity index is 1150. The number of pyridine rings is 1. The van der Waals surface area contributed by atoms with E-state index in [4.69, 9.17) is 15.2 Å². The number of nitrogens with zero attached hydrogens (tertiary/aromatic N) is 2. The van der Waals surface area contributed by atoms with E-state index in [0.29, 0.717) is 11.3 Å². The molecule has 2 heterocycles. The number of hydrogen-bond acceptors (Lipinski definition) is 7. The Morgan fingerprint density at radius 3 is 2.20 bits per heavy atom. The summed E-state index contributed by atoms with van der Waals surface area (Å²) in [7, 11) is 0. The van der Waals surface area contributed by atoms with Crippen molar-refractivity contribution in [1.82, 2.24) is 4.98 Å². The Hall–Kier alpha value is -3.82. The van der Waals surface area contributed by atoms with Crippen LogP contribution in [0.15, 0.2) is 65.3 Å². The van der Waals surface area contributed by atoms with Gasteiger partial charge in [-0.3, -0.25) is 4.98 Å². The van der Waals surface area contributed by atoms with Gasteiger partial charge in [0.25, 0.3) is 0 Å². The number of ether oxygens (including phenoxy) is 2. The van der Waals surface area contributed by atoms with Gasteiger partial charge in [-0.1, -0.05) is 12.1 Å². The summed E-state index contributed by atoms with van der Waals surface area (Å²) in [4.78, 5) is 31.8. The lowest BCUT2D eigenvalue weighted by atomic mass is 9.81. The minimum atomic E-state index is -4.61. The standard InChI is InChI=1S/C25H26F3N3O4/c1-5-34-23(32)19-15(4)31(18-9-7-8-17(12-18)25(26,27)28)22(29)21(24(33)35-6-2)20(19)16-11-10-14(3)30-13-16/h7-13,20H,5-6,29H2,1-4H3. The van der Waals surface area contributed by atoms with Crippen LogP contribution in [0.2, 0.25) is 0 Å². The maximum Gasteiger partial charge on any atom is 0.416 e.